The number of rotatable bonds is 6. The van der Waals surface area contributed by atoms with Crippen LogP contribution in [0.25, 0.3) is 0 Å². The molecular formula is C16H31ClN2O2. The van der Waals surface area contributed by atoms with Gasteiger partial charge in [-0.3, -0.25) is 4.79 Å². The number of hydrogen-bond acceptors (Lipinski definition) is 3. The van der Waals surface area contributed by atoms with Crippen LogP contribution in [-0.2, 0) is 9.53 Å². The molecule has 0 bridgehead atoms. The molecule has 2 rings (SSSR count). The minimum Gasteiger partial charge on any atom is -0.378 e. The minimum atomic E-state index is 0. The number of piperidine rings is 1. The molecule has 2 saturated heterocycles. The molecule has 0 aromatic rings. The normalized spacial score (nSPS) is 23.7. The van der Waals surface area contributed by atoms with Crippen molar-refractivity contribution >= 4 is 18.3 Å². The van der Waals surface area contributed by atoms with Crippen molar-refractivity contribution in [2.75, 3.05) is 33.3 Å². The Morgan fingerprint density at radius 1 is 1.19 bits per heavy atom. The Hall–Kier alpha value is -0.320. The van der Waals surface area contributed by atoms with Crippen molar-refractivity contribution in [2.24, 2.45) is 5.92 Å². The highest BCUT2D eigenvalue weighted by molar-refractivity contribution is 5.85. The average Bonchev–Trinajstić information content (AvgIpc) is 2.52. The third kappa shape index (κ3) is 6.54. The molecule has 0 spiro atoms. The van der Waals surface area contributed by atoms with Crippen LogP contribution in [-0.4, -0.2) is 50.2 Å². The lowest BCUT2D eigenvalue weighted by Crippen LogP contribution is -2.39. The summed E-state index contributed by atoms with van der Waals surface area (Å²) in [4.78, 5) is 14.3. The number of nitrogens with one attached hydrogen (secondary N) is 1. The fourth-order valence-electron chi connectivity index (χ4n) is 3.30. The van der Waals surface area contributed by atoms with Crippen LogP contribution in [0.5, 0.6) is 0 Å². The van der Waals surface area contributed by atoms with Crippen LogP contribution in [0.2, 0.25) is 0 Å². The molecule has 2 aliphatic heterocycles. The molecule has 4 nitrogen and oxygen atoms in total. The molecule has 5 heteroatoms. The van der Waals surface area contributed by atoms with Gasteiger partial charge in [0.2, 0.25) is 5.91 Å². The maximum absolute atomic E-state index is 12.2. The van der Waals surface area contributed by atoms with Gasteiger partial charge in [0.15, 0.2) is 0 Å². The SMILES string of the molecule is CNCCC1CCN(C(=O)CCC2CCCCO2)CC1.Cl. The van der Waals surface area contributed by atoms with Gasteiger partial charge in [0.1, 0.15) is 0 Å². The third-order valence-corrected chi connectivity index (χ3v) is 4.72. The molecule has 1 atom stereocenters. The Bertz CT molecular complexity index is 288. The number of hydrogen-bond donors (Lipinski definition) is 1. The van der Waals surface area contributed by atoms with E-state index in [0.29, 0.717) is 18.4 Å². The highest BCUT2D eigenvalue weighted by Crippen LogP contribution is 2.22. The summed E-state index contributed by atoms with van der Waals surface area (Å²) in [7, 11) is 2.01. The van der Waals surface area contributed by atoms with Gasteiger partial charge in [-0.15, -0.1) is 12.4 Å². The molecule has 1 unspecified atom stereocenters. The van der Waals surface area contributed by atoms with Gasteiger partial charge in [0.05, 0.1) is 6.10 Å². The molecule has 124 valence electrons. The summed E-state index contributed by atoms with van der Waals surface area (Å²) >= 11 is 0. The van der Waals surface area contributed by atoms with Gasteiger partial charge >= 0.3 is 0 Å². The first-order valence-corrected chi connectivity index (χ1v) is 8.33. The predicted molar refractivity (Wildman–Crippen MR) is 87.9 cm³/mol. The van der Waals surface area contributed by atoms with Gasteiger partial charge in [0, 0.05) is 26.1 Å². The number of likely N-dealkylation sites (tertiary alicyclic amines) is 1. The fourth-order valence-corrected chi connectivity index (χ4v) is 3.30. The van der Waals surface area contributed by atoms with Gasteiger partial charge in [-0.25, -0.2) is 0 Å². The van der Waals surface area contributed by atoms with Crippen LogP contribution in [0.1, 0.15) is 51.4 Å². The van der Waals surface area contributed by atoms with Gasteiger partial charge in [-0.2, -0.15) is 0 Å². The van der Waals surface area contributed by atoms with Crippen molar-refractivity contribution < 1.29 is 9.53 Å². The lowest BCUT2D eigenvalue weighted by Gasteiger charge is -2.32. The van der Waals surface area contributed by atoms with Gasteiger partial charge < -0.3 is 15.0 Å². The number of nitrogens with zero attached hydrogens (tertiary/aromatic N) is 1. The number of carbonyl (C=O) groups excluding carboxylic acids is 1. The lowest BCUT2D eigenvalue weighted by molar-refractivity contribution is -0.133. The number of halogens is 1. The summed E-state index contributed by atoms with van der Waals surface area (Å²) in [5.41, 5.74) is 0. The number of ether oxygens (including phenoxy) is 1. The summed E-state index contributed by atoms with van der Waals surface area (Å²) in [6.07, 6.45) is 9.10. The number of carbonyl (C=O) groups is 1. The highest BCUT2D eigenvalue weighted by atomic mass is 35.5. The van der Waals surface area contributed by atoms with Crippen molar-refractivity contribution in [1.29, 1.82) is 0 Å². The van der Waals surface area contributed by atoms with E-state index in [2.05, 4.69) is 10.2 Å². The van der Waals surface area contributed by atoms with Crippen LogP contribution >= 0.6 is 12.4 Å². The summed E-state index contributed by atoms with van der Waals surface area (Å²) in [6.45, 7) is 3.89. The zero-order valence-corrected chi connectivity index (χ0v) is 14.1. The second-order valence-corrected chi connectivity index (χ2v) is 6.24. The first-order valence-electron chi connectivity index (χ1n) is 8.33. The van der Waals surface area contributed by atoms with E-state index in [0.717, 1.165) is 45.0 Å². The van der Waals surface area contributed by atoms with Gasteiger partial charge in [0.25, 0.3) is 0 Å². The van der Waals surface area contributed by atoms with Crippen LogP contribution < -0.4 is 5.32 Å². The van der Waals surface area contributed by atoms with Crippen molar-refractivity contribution in [2.45, 2.75) is 57.5 Å². The van der Waals surface area contributed by atoms with E-state index in [-0.39, 0.29) is 12.4 Å². The molecule has 0 aromatic carbocycles. The highest BCUT2D eigenvalue weighted by Gasteiger charge is 2.23. The van der Waals surface area contributed by atoms with Crippen molar-refractivity contribution in [1.82, 2.24) is 10.2 Å². The minimum absolute atomic E-state index is 0. The molecule has 2 heterocycles. The largest absolute Gasteiger partial charge is 0.378 e. The van der Waals surface area contributed by atoms with Gasteiger partial charge in [-0.1, -0.05) is 0 Å². The molecule has 0 aliphatic carbocycles. The maximum Gasteiger partial charge on any atom is 0.222 e. The van der Waals surface area contributed by atoms with Crippen molar-refractivity contribution in [3.8, 4) is 0 Å². The summed E-state index contributed by atoms with van der Waals surface area (Å²) in [5, 5.41) is 3.21. The number of amides is 1. The first kappa shape index (κ1) is 18.7. The smallest absolute Gasteiger partial charge is 0.222 e. The summed E-state index contributed by atoms with van der Waals surface area (Å²) < 4.78 is 5.70. The Morgan fingerprint density at radius 3 is 2.57 bits per heavy atom. The average molecular weight is 319 g/mol. The van der Waals surface area contributed by atoms with E-state index >= 15 is 0 Å². The summed E-state index contributed by atoms with van der Waals surface area (Å²) in [6, 6.07) is 0. The standard InChI is InChI=1S/C16H30N2O2.ClH/c1-17-10-7-14-8-11-18(12-9-14)16(19)6-5-15-4-2-3-13-20-15;/h14-15,17H,2-13H2,1H3;1H. The van der Waals surface area contributed by atoms with E-state index < -0.39 is 0 Å². The maximum atomic E-state index is 12.2. The Labute approximate surface area is 135 Å². The van der Waals surface area contributed by atoms with E-state index in [1.54, 1.807) is 0 Å². The predicted octanol–water partition coefficient (Wildman–Crippen LogP) is 2.61. The van der Waals surface area contributed by atoms with Crippen LogP contribution in [0.3, 0.4) is 0 Å². The second-order valence-electron chi connectivity index (χ2n) is 6.24. The molecule has 0 aromatic heterocycles. The Kier molecular flexibility index (Phi) is 9.29. The van der Waals surface area contributed by atoms with E-state index in [1.807, 2.05) is 7.05 Å². The van der Waals surface area contributed by atoms with Crippen molar-refractivity contribution in [3.63, 3.8) is 0 Å². The molecule has 0 radical (unpaired) electrons. The molecule has 2 fully saturated rings. The first-order chi connectivity index (χ1) is 9.79. The third-order valence-electron chi connectivity index (χ3n) is 4.72. The second kappa shape index (κ2) is 10.4. The van der Waals surface area contributed by atoms with Crippen molar-refractivity contribution in [3.05, 3.63) is 0 Å². The van der Waals surface area contributed by atoms with Crippen LogP contribution in [0.15, 0.2) is 0 Å². The monoisotopic (exact) mass is 318 g/mol. The topological polar surface area (TPSA) is 41.6 Å². The molecule has 1 amide bonds. The molecule has 0 saturated carbocycles. The lowest BCUT2D eigenvalue weighted by atomic mass is 9.93. The quantitative estimate of drug-likeness (QED) is 0.818. The zero-order chi connectivity index (χ0) is 14.2. The van der Waals surface area contributed by atoms with E-state index in [1.165, 1.54) is 32.1 Å². The van der Waals surface area contributed by atoms with E-state index in [4.69, 9.17) is 4.74 Å². The van der Waals surface area contributed by atoms with Gasteiger partial charge in [-0.05, 0) is 64.5 Å². The van der Waals surface area contributed by atoms with Crippen LogP contribution in [0, 0.1) is 5.92 Å². The molecule has 2 aliphatic rings. The Balaban J connectivity index is 0.00000220. The summed E-state index contributed by atoms with van der Waals surface area (Å²) in [5.74, 6) is 1.14. The Morgan fingerprint density at radius 2 is 1.95 bits per heavy atom. The van der Waals surface area contributed by atoms with Crippen LogP contribution in [0.4, 0.5) is 0 Å². The fraction of sp³-hybridized carbons (Fsp3) is 0.938. The zero-order valence-electron chi connectivity index (χ0n) is 13.3. The van der Waals surface area contributed by atoms with E-state index in [9.17, 15) is 4.79 Å². The molecule has 21 heavy (non-hydrogen) atoms. The molecule has 1 N–H and O–H groups in total. The molecular weight excluding hydrogens is 288 g/mol.